The molecule has 1 aromatic heterocycles. The van der Waals surface area contributed by atoms with E-state index in [2.05, 4.69) is 32.1 Å². The molecule has 1 aliphatic heterocycles. The van der Waals surface area contributed by atoms with E-state index in [1.165, 1.54) is 6.07 Å². The molecular formula is C34H35F4N3. The van der Waals surface area contributed by atoms with Crippen LogP contribution in [-0.2, 0) is 12.8 Å². The van der Waals surface area contributed by atoms with Gasteiger partial charge < -0.3 is 0 Å². The first-order valence-corrected chi connectivity index (χ1v) is 14.5. The van der Waals surface area contributed by atoms with Gasteiger partial charge in [-0.15, -0.1) is 0 Å². The smallest absolute Gasteiger partial charge is 0.261 e. The van der Waals surface area contributed by atoms with Gasteiger partial charge in [-0.25, -0.2) is 4.39 Å². The second-order valence-electron chi connectivity index (χ2n) is 11.6. The topological polar surface area (TPSA) is 49.0 Å². The van der Waals surface area contributed by atoms with Crippen LogP contribution in [-0.4, -0.2) is 17.4 Å². The van der Waals surface area contributed by atoms with Gasteiger partial charge in [0, 0.05) is 29.6 Å². The third-order valence-corrected chi connectivity index (χ3v) is 9.07. The summed E-state index contributed by atoms with van der Waals surface area (Å²) in [4.78, 5) is 9.52. The van der Waals surface area contributed by atoms with E-state index in [0.717, 1.165) is 23.2 Å². The number of pyridine rings is 1. The molecule has 7 heteroatoms. The summed E-state index contributed by atoms with van der Waals surface area (Å²) < 4.78 is 55.0. The Labute approximate surface area is 239 Å². The molecule has 0 saturated heterocycles. The third kappa shape index (κ3) is 5.54. The first kappa shape index (κ1) is 29.0. The molecule has 0 amide bonds. The number of nitriles is 1. The summed E-state index contributed by atoms with van der Waals surface area (Å²) >= 11 is 0. The van der Waals surface area contributed by atoms with Crippen LogP contribution in [0.1, 0.15) is 86.7 Å². The number of benzene rings is 1. The molecule has 2 aliphatic carbocycles. The van der Waals surface area contributed by atoms with Gasteiger partial charge in [-0.3, -0.25) is 9.98 Å². The molecule has 0 bridgehead atoms. The molecule has 2 heterocycles. The molecule has 3 aliphatic rings. The number of rotatable bonds is 8. The molecule has 214 valence electrons. The standard InChI is InChI=1S/C34H35F4N3/c1-4-22-9-7-15-40-30(16-22)31-21(3)25-17-24(5-2)28(35)18-26(25)27(19-39)32(31)29-11-10-23(20-41-29)8-6-12-33(13-14-33)34(36,37)38/h7,9-11,15-18,20-22,31H,4-6,8,12-14H2,1-3H3. The summed E-state index contributed by atoms with van der Waals surface area (Å²) in [5.74, 6) is -0.520. The second kappa shape index (κ2) is 11.4. The van der Waals surface area contributed by atoms with Gasteiger partial charge in [-0.1, -0.05) is 45.1 Å². The van der Waals surface area contributed by atoms with Crippen LogP contribution in [0.25, 0.3) is 11.1 Å². The van der Waals surface area contributed by atoms with E-state index in [9.17, 15) is 18.4 Å². The molecule has 3 atom stereocenters. The highest BCUT2D eigenvalue weighted by Gasteiger charge is 2.62. The predicted octanol–water partition coefficient (Wildman–Crippen LogP) is 9.17. The fourth-order valence-electron chi connectivity index (χ4n) is 6.31. The average molecular weight is 562 g/mol. The van der Waals surface area contributed by atoms with E-state index in [-0.39, 0.29) is 42.8 Å². The molecule has 1 fully saturated rings. The van der Waals surface area contributed by atoms with Gasteiger partial charge in [0.2, 0.25) is 0 Å². The van der Waals surface area contributed by atoms with E-state index < -0.39 is 11.6 Å². The first-order valence-electron chi connectivity index (χ1n) is 14.5. The monoisotopic (exact) mass is 561 g/mol. The van der Waals surface area contributed by atoms with Gasteiger partial charge in [0.1, 0.15) is 11.9 Å². The third-order valence-electron chi connectivity index (χ3n) is 9.07. The number of aromatic nitrogens is 1. The van der Waals surface area contributed by atoms with Crippen molar-refractivity contribution in [3.63, 3.8) is 0 Å². The Morgan fingerprint density at radius 2 is 1.93 bits per heavy atom. The van der Waals surface area contributed by atoms with Gasteiger partial charge in [0.25, 0.3) is 0 Å². The van der Waals surface area contributed by atoms with Crippen LogP contribution in [0.5, 0.6) is 0 Å². The van der Waals surface area contributed by atoms with Crippen molar-refractivity contribution in [1.82, 2.24) is 4.98 Å². The van der Waals surface area contributed by atoms with E-state index in [0.29, 0.717) is 47.2 Å². The summed E-state index contributed by atoms with van der Waals surface area (Å²) in [5.41, 5.74) is 4.00. The van der Waals surface area contributed by atoms with E-state index in [1.807, 2.05) is 31.2 Å². The van der Waals surface area contributed by atoms with Gasteiger partial charge in [0.05, 0.1) is 16.7 Å². The average Bonchev–Trinajstić information content (AvgIpc) is 3.78. The molecule has 0 spiro atoms. The Balaban J connectivity index is 1.54. The van der Waals surface area contributed by atoms with E-state index in [1.54, 1.807) is 12.4 Å². The zero-order valence-corrected chi connectivity index (χ0v) is 23.7. The Morgan fingerprint density at radius 3 is 2.54 bits per heavy atom. The fraction of sp³-hybridized carbons (Fsp3) is 0.441. The Morgan fingerprint density at radius 1 is 1.15 bits per heavy atom. The highest BCUT2D eigenvalue weighted by atomic mass is 19.4. The van der Waals surface area contributed by atoms with Crippen molar-refractivity contribution in [3.8, 4) is 6.07 Å². The molecule has 0 radical (unpaired) electrons. The highest BCUT2D eigenvalue weighted by Crippen LogP contribution is 2.60. The lowest BCUT2D eigenvalue weighted by Crippen LogP contribution is -2.24. The zero-order chi connectivity index (χ0) is 29.4. The van der Waals surface area contributed by atoms with Gasteiger partial charge >= 0.3 is 6.18 Å². The molecule has 1 aromatic carbocycles. The maximum atomic E-state index is 15.0. The Hall–Kier alpha value is -3.53. The van der Waals surface area contributed by atoms with Crippen molar-refractivity contribution in [2.24, 2.45) is 22.2 Å². The highest BCUT2D eigenvalue weighted by molar-refractivity contribution is 6.01. The minimum Gasteiger partial charge on any atom is -0.261 e. The molecule has 0 N–H and O–H groups in total. The molecular weight excluding hydrogens is 526 g/mol. The lowest BCUT2D eigenvalue weighted by atomic mass is 9.69. The number of fused-ring (bicyclic) bond motifs is 1. The number of allylic oxidation sites excluding steroid dienone is 5. The molecule has 3 unspecified atom stereocenters. The lowest BCUT2D eigenvalue weighted by Gasteiger charge is -2.34. The maximum absolute atomic E-state index is 15.0. The van der Waals surface area contributed by atoms with Gasteiger partial charge in [-0.2, -0.15) is 18.4 Å². The summed E-state index contributed by atoms with van der Waals surface area (Å²) in [6.07, 6.45) is 8.47. The molecule has 2 aromatic rings. The van der Waals surface area contributed by atoms with E-state index >= 15 is 4.39 Å². The van der Waals surface area contributed by atoms with Crippen molar-refractivity contribution in [2.45, 2.75) is 77.8 Å². The summed E-state index contributed by atoms with van der Waals surface area (Å²) in [7, 11) is 0. The fourth-order valence-corrected chi connectivity index (χ4v) is 6.31. The molecule has 1 saturated carbocycles. The number of halogens is 4. The number of nitrogens with zero attached hydrogens (tertiary/aromatic N) is 3. The van der Waals surface area contributed by atoms with Crippen LogP contribution < -0.4 is 0 Å². The quantitative estimate of drug-likeness (QED) is 0.302. The van der Waals surface area contributed by atoms with Crippen LogP contribution in [0.4, 0.5) is 17.6 Å². The Bertz CT molecular complexity index is 1470. The van der Waals surface area contributed by atoms with Crippen molar-refractivity contribution in [1.29, 1.82) is 5.26 Å². The zero-order valence-electron chi connectivity index (χ0n) is 23.7. The lowest BCUT2D eigenvalue weighted by molar-refractivity contribution is -0.189. The molecule has 3 nitrogen and oxygen atoms in total. The molecule has 41 heavy (non-hydrogen) atoms. The van der Waals surface area contributed by atoms with Gasteiger partial charge in [-0.05, 0) is 97.2 Å². The summed E-state index contributed by atoms with van der Waals surface area (Å²) in [6, 6.07) is 9.45. The minimum absolute atomic E-state index is 0.0967. The van der Waals surface area contributed by atoms with Crippen LogP contribution in [0.3, 0.4) is 0 Å². The molecule has 5 rings (SSSR count). The number of hydrogen-bond acceptors (Lipinski definition) is 3. The van der Waals surface area contributed by atoms with Crippen molar-refractivity contribution in [2.75, 3.05) is 0 Å². The summed E-state index contributed by atoms with van der Waals surface area (Å²) in [6.45, 7) is 6.12. The predicted molar refractivity (Wildman–Crippen MR) is 155 cm³/mol. The van der Waals surface area contributed by atoms with Gasteiger partial charge in [0.15, 0.2) is 0 Å². The van der Waals surface area contributed by atoms with Crippen LogP contribution in [0.15, 0.2) is 59.4 Å². The van der Waals surface area contributed by atoms with Crippen LogP contribution >= 0.6 is 0 Å². The maximum Gasteiger partial charge on any atom is 0.394 e. The second-order valence-corrected chi connectivity index (χ2v) is 11.6. The van der Waals surface area contributed by atoms with Crippen LogP contribution in [0.2, 0.25) is 0 Å². The first-order chi connectivity index (χ1) is 19.6. The summed E-state index contributed by atoms with van der Waals surface area (Å²) in [5, 5.41) is 10.4. The normalized spacial score (nSPS) is 23.1. The van der Waals surface area contributed by atoms with Crippen molar-refractivity contribution < 1.29 is 17.6 Å². The SMILES string of the molecule is CCc1cc2c(cc1F)C(C#N)=C(c1ccc(CCCC3(C(F)(F)F)CC3)cn1)C(C1=CC(CC)C=CC=N1)C2C. The largest absolute Gasteiger partial charge is 0.394 e. The minimum atomic E-state index is -4.14. The van der Waals surface area contributed by atoms with Crippen molar-refractivity contribution in [3.05, 3.63) is 88.2 Å². The number of hydrogen-bond donors (Lipinski definition) is 0. The van der Waals surface area contributed by atoms with Crippen LogP contribution in [0, 0.1) is 34.4 Å². The van der Waals surface area contributed by atoms with Crippen molar-refractivity contribution >= 4 is 17.4 Å². The number of alkyl halides is 3. The Kier molecular flexibility index (Phi) is 8.05. The number of aryl methyl sites for hydroxylation is 2. The number of aliphatic imine (C=N–C) groups is 1. The van der Waals surface area contributed by atoms with E-state index in [4.69, 9.17) is 9.98 Å².